The van der Waals surface area contributed by atoms with Crippen molar-refractivity contribution in [2.24, 2.45) is 0 Å². The van der Waals surface area contributed by atoms with Crippen LogP contribution in [-0.2, 0) is 0 Å². The van der Waals surface area contributed by atoms with Crippen LogP contribution in [0.2, 0.25) is 0 Å². The van der Waals surface area contributed by atoms with Gasteiger partial charge in [-0.15, -0.1) is 0 Å². The van der Waals surface area contributed by atoms with Gasteiger partial charge in [-0.2, -0.15) is 0 Å². The van der Waals surface area contributed by atoms with E-state index < -0.39 is 0 Å². The number of hydrogen-bond donors (Lipinski definition) is 1. The maximum atomic E-state index is 5.71. The summed E-state index contributed by atoms with van der Waals surface area (Å²) in [5.74, 6) is 1.28. The summed E-state index contributed by atoms with van der Waals surface area (Å²) in [6.07, 6.45) is 1.62. The number of anilines is 1. The van der Waals surface area contributed by atoms with Gasteiger partial charge in [-0.1, -0.05) is 11.2 Å². The van der Waals surface area contributed by atoms with Crippen molar-refractivity contribution in [3.8, 4) is 11.1 Å². The number of fused-ring (bicyclic) bond motifs is 1. The van der Waals surface area contributed by atoms with Gasteiger partial charge in [0.15, 0.2) is 0 Å². The molecule has 4 heteroatoms. The molecule has 1 aromatic carbocycles. The molecule has 3 aromatic rings. The highest BCUT2D eigenvalue weighted by molar-refractivity contribution is 5.88. The topological polar surface area (TPSA) is 65.2 Å². The van der Waals surface area contributed by atoms with E-state index in [1.807, 2.05) is 32.0 Å². The second-order valence-corrected chi connectivity index (χ2v) is 4.10. The van der Waals surface area contributed by atoms with E-state index in [4.69, 9.17) is 14.7 Å². The maximum absolute atomic E-state index is 5.71. The van der Waals surface area contributed by atoms with Gasteiger partial charge < -0.3 is 14.7 Å². The monoisotopic (exact) mass is 228 g/mol. The number of aryl methyl sites for hydroxylation is 2. The smallest absolute Gasteiger partial charge is 0.229 e. The van der Waals surface area contributed by atoms with E-state index in [0.29, 0.717) is 5.88 Å². The predicted octanol–water partition coefficient (Wildman–Crippen LogP) is 3.29. The summed E-state index contributed by atoms with van der Waals surface area (Å²) in [6, 6.07) is 5.94. The van der Waals surface area contributed by atoms with Crippen molar-refractivity contribution in [1.82, 2.24) is 5.16 Å². The van der Waals surface area contributed by atoms with Crippen LogP contribution in [0.25, 0.3) is 22.1 Å². The molecule has 0 radical (unpaired) electrons. The Labute approximate surface area is 98.0 Å². The SMILES string of the molecule is Cc1oc2ccc(-c3cnoc3N)cc2c1C. The number of furan rings is 1. The average Bonchev–Trinajstić information content (AvgIpc) is 2.85. The molecule has 4 nitrogen and oxygen atoms in total. The highest BCUT2D eigenvalue weighted by atomic mass is 16.5. The number of nitrogens with zero attached hydrogens (tertiary/aromatic N) is 1. The summed E-state index contributed by atoms with van der Waals surface area (Å²) in [5.41, 5.74) is 9.54. The number of benzene rings is 1. The standard InChI is InChI=1S/C13H12N2O2/c1-7-8(2)16-12-4-3-9(5-10(7)12)11-6-15-17-13(11)14/h3-6H,14H2,1-2H3. The molecule has 17 heavy (non-hydrogen) atoms. The number of aromatic nitrogens is 1. The van der Waals surface area contributed by atoms with E-state index >= 15 is 0 Å². The molecular weight excluding hydrogens is 216 g/mol. The minimum absolute atomic E-state index is 0.335. The predicted molar refractivity (Wildman–Crippen MR) is 65.6 cm³/mol. The molecule has 3 rings (SSSR count). The van der Waals surface area contributed by atoms with E-state index in [0.717, 1.165) is 33.4 Å². The van der Waals surface area contributed by atoms with Crippen LogP contribution in [0.5, 0.6) is 0 Å². The molecule has 0 amide bonds. The second kappa shape index (κ2) is 3.38. The average molecular weight is 228 g/mol. The van der Waals surface area contributed by atoms with Crippen molar-refractivity contribution in [3.05, 3.63) is 35.7 Å². The van der Waals surface area contributed by atoms with E-state index in [1.165, 1.54) is 0 Å². The molecular formula is C13H12N2O2. The molecule has 0 saturated heterocycles. The Hall–Kier alpha value is -2.23. The zero-order valence-electron chi connectivity index (χ0n) is 9.65. The molecule has 0 spiro atoms. The lowest BCUT2D eigenvalue weighted by Crippen LogP contribution is -1.84. The largest absolute Gasteiger partial charge is 0.461 e. The van der Waals surface area contributed by atoms with Crippen LogP contribution in [0, 0.1) is 13.8 Å². The first kappa shape index (κ1) is 9.96. The molecule has 0 atom stereocenters. The Bertz CT molecular complexity index is 695. The third kappa shape index (κ3) is 1.41. The highest BCUT2D eigenvalue weighted by Gasteiger charge is 2.11. The van der Waals surface area contributed by atoms with Gasteiger partial charge >= 0.3 is 0 Å². The molecule has 0 aliphatic rings. The Morgan fingerprint density at radius 2 is 2.06 bits per heavy atom. The molecule has 0 aliphatic heterocycles. The third-order valence-corrected chi connectivity index (χ3v) is 3.08. The quantitative estimate of drug-likeness (QED) is 0.694. The lowest BCUT2D eigenvalue weighted by Gasteiger charge is -1.98. The fraction of sp³-hybridized carbons (Fsp3) is 0.154. The van der Waals surface area contributed by atoms with Crippen LogP contribution in [-0.4, -0.2) is 5.16 Å². The Kier molecular flexibility index (Phi) is 1.98. The first-order valence-corrected chi connectivity index (χ1v) is 5.37. The molecule has 2 N–H and O–H groups in total. The van der Waals surface area contributed by atoms with Gasteiger partial charge in [0.1, 0.15) is 11.3 Å². The summed E-state index contributed by atoms with van der Waals surface area (Å²) >= 11 is 0. The molecule has 2 heterocycles. The van der Waals surface area contributed by atoms with Crippen LogP contribution in [0.1, 0.15) is 11.3 Å². The van der Waals surface area contributed by atoms with Gasteiger partial charge in [0.25, 0.3) is 0 Å². The van der Waals surface area contributed by atoms with Crippen LogP contribution >= 0.6 is 0 Å². The van der Waals surface area contributed by atoms with Gasteiger partial charge in [0, 0.05) is 5.39 Å². The second-order valence-electron chi connectivity index (χ2n) is 4.10. The van der Waals surface area contributed by atoms with Gasteiger partial charge in [-0.25, -0.2) is 0 Å². The summed E-state index contributed by atoms with van der Waals surface area (Å²) in [5, 5.41) is 4.78. The lowest BCUT2D eigenvalue weighted by molar-refractivity contribution is 0.436. The fourth-order valence-electron chi connectivity index (χ4n) is 1.98. The van der Waals surface area contributed by atoms with Crippen molar-refractivity contribution >= 4 is 16.9 Å². The highest BCUT2D eigenvalue weighted by Crippen LogP contribution is 2.31. The van der Waals surface area contributed by atoms with Crippen LogP contribution in [0.15, 0.2) is 33.3 Å². The van der Waals surface area contributed by atoms with Gasteiger partial charge in [-0.05, 0) is 37.1 Å². The molecule has 2 aromatic heterocycles. The van der Waals surface area contributed by atoms with Crippen molar-refractivity contribution in [2.75, 3.05) is 5.73 Å². The first-order valence-electron chi connectivity index (χ1n) is 5.37. The number of nitrogen functional groups attached to an aromatic ring is 1. The van der Waals surface area contributed by atoms with E-state index in [9.17, 15) is 0 Å². The number of hydrogen-bond acceptors (Lipinski definition) is 4. The minimum atomic E-state index is 0.335. The summed E-state index contributed by atoms with van der Waals surface area (Å²) in [6.45, 7) is 4.00. The summed E-state index contributed by atoms with van der Waals surface area (Å²) in [7, 11) is 0. The molecule has 0 saturated carbocycles. The van der Waals surface area contributed by atoms with Crippen LogP contribution < -0.4 is 5.73 Å². The Morgan fingerprint density at radius 1 is 1.24 bits per heavy atom. The van der Waals surface area contributed by atoms with E-state index in [-0.39, 0.29) is 0 Å². The zero-order valence-corrected chi connectivity index (χ0v) is 9.65. The fourth-order valence-corrected chi connectivity index (χ4v) is 1.98. The molecule has 0 fully saturated rings. The van der Waals surface area contributed by atoms with Crippen LogP contribution in [0.3, 0.4) is 0 Å². The molecule has 86 valence electrons. The van der Waals surface area contributed by atoms with Crippen molar-refractivity contribution in [3.63, 3.8) is 0 Å². The Balaban J connectivity index is 2.26. The lowest BCUT2D eigenvalue weighted by atomic mass is 10.0. The third-order valence-electron chi connectivity index (χ3n) is 3.08. The summed E-state index contributed by atoms with van der Waals surface area (Å²) in [4.78, 5) is 0. The zero-order chi connectivity index (χ0) is 12.0. The number of nitrogens with two attached hydrogens (primary N) is 1. The van der Waals surface area contributed by atoms with E-state index in [1.54, 1.807) is 6.20 Å². The Morgan fingerprint density at radius 3 is 2.76 bits per heavy atom. The summed E-state index contributed by atoms with van der Waals surface area (Å²) < 4.78 is 10.5. The van der Waals surface area contributed by atoms with Crippen molar-refractivity contribution in [2.45, 2.75) is 13.8 Å². The maximum Gasteiger partial charge on any atom is 0.229 e. The molecule has 0 aliphatic carbocycles. The van der Waals surface area contributed by atoms with E-state index in [2.05, 4.69) is 5.16 Å². The van der Waals surface area contributed by atoms with Gasteiger partial charge in [0.2, 0.25) is 5.88 Å². The molecule has 0 bridgehead atoms. The van der Waals surface area contributed by atoms with Crippen molar-refractivity contribution < 1.29 is 8.94 Å². The molecule has 0 unspecified atom stereocenters. The number of rotatable bonds is 1. The van der Waals surface area contributed by atoms with Gasteiger partial charge in [-0.3, -0.25) is 0 Å². The minimum Gasteiger partial charge on any atom is -0.461 e. The first-order chi connectivity index (χ1) is 8.16. The van der Waals surface area contributed by atoms with Crippen molar-refractivity contribution in [1.29, 1.82) is 0 Å². The van der Waals surface area contributed by atoms with Gasteiger partial charge in [0.05, 0.1) is 11.8 Å². The van der Waals surface area contributed by atoms with Crippen LogP contribution in [0.4, 0.5) is 5.88 Å². The normalized spacial score (nSPS) is 11.2.